The molecule has 5 heteroatoms. The highest BCUT2D eigenvalue weighted by Crippen LogP contribution is 2.32. The van der Waals surface area contributed by atoms with Gasteiger partial charge >= 0.3 is 0 Å². The minimum atomic E-state index is -0.759. The fourth-order valence-corrected chi connectivity index (χ4v) is 2.23. The molecule has 2 aromatic carbocycles. The van der Waals surface area contributed by atoms with Crippen LogP contribution in [0, 0.1) is 17.5 Å². The number of hydrogen-bond donors (Lipinski definition) is 0. The van der Waals surface area contributed by atoms with E-state index in [9.17, 15) is 13.2 Å². The molecule has 1 nitrogen and oxygen atoms in total. The number of nitrogens with zero attached hydrogens (tertiary/aromatic N) is 1. The van der Waals surface area contributed by atoms with Gasteiger partial charge in [-0.2, -0.15) is 0 Å². The summed E-state index contributed by atoms with van der Waals surface area (Å²) in [7, 11) is 0. The van der Waals surface area contributed by atoms with Crippen molar-refractivity contribution in [2.24, 2.45) is 0 Å². The highest BCUT2D eigenvalue weighted by atomic mass is 35.5. The van der Waals surface area contributed by atoms with Crippen LogP contribution in [0.25, 0.3) is 0 Å². The van der Waals surface area contributed by atoms with Crippen molar-refractivity contribution in [3.8, 4) is 0 Å². The Morgan fingerprint density at radius 1 is 1.00 bits per heavy atom. The molecule has 0 aliphatic heterocycles. The summed E-state index contributed by atoms with van der Waals surface area (Å²) in [5.41, 5.74) is 0.202. The lowest BCUT2D eigenvalue weighted by atomic mass is 10.1. The van der Waals surface area contributed by atoms with Gasteiger partial charge in [0.15, 0.2) is 0 Å². The molecule has 0 fully saturated rings. The second kappa shape index (κ2) is 6.18. The minimum Gasteiger partial charge on any atom is -0.335 e. The van der Waals surface area contributed by atoms with Gasteiger partial charge in [-0.1, -0.05) is 12.1 Å². The number of para-hydroxylation sites is 1. The van der Waals surface area contributed by atoms with Gasteiger partial charge in [0.2, 0.25) is 0 Å². The summed E-state index contributed by atoms with van der Waals surface area (Å²) in [4.78, 5) is 1.26. The first-order valence-corrected chi connectivity index (χ1v) is 6.67. The lowest BCUT2D eigenvalue weighted by Gasteiger charge is -2.25. The predicted octanol–water partition coefficient (Wildman–Crippen LogP) is 5.00. The molecule has 0 saturated heterocycles. The van der Waals surface area contributed by atoms with Crippen molar-refractivity contribution in [1.29, 1.82) is 0 Å². The molecule has 0 heterocycles. The molecule has 0 aromatic heterocycles. The molecule has 0 N–H and O–H groups in total. The molecule has 0 radical (unpaired) electrons. The molecule has 20 heavy (non-hydrogen) atoms. The summed E-state index contributed by atoms with van der Waals surface area (Å²) < 4.78 is 42.0. The van der Waals surface area contributed by atoms with E-state index in [4.69, 9.17) is 11.6 Å². The van der Waals surface area contributed by atoms with Gasteiger partial charge in [0.25, 0.3) is 0 Å². The van der Waals surface area contributed by atoms with E-state index in [-0.39, 0.29) is 23.8 Å². The van der Waals surface area contributed by atoms with Crippen molar-refractivity contribution in [2.75, 3.05) is 11.4 Å². The average molecular weight is 300 g/mol. The molecule has 0 aliphatic carbocycles. The molecule has 0 unspecified atom stereocenters. The predicted molar refractivity (Wildman–Crippen MR) is 75.0 cm³/mol. The van der Waals surface area contributed by atoms with Gasteiger partial charge in [-0.15, -0.1) is 11.6 Å². The molecule has 2 rings (SSSR count). The van der Waals surface area contributed by atoms with Gasteiger partial charge in [-0.3, -0.25) is 0 Å². The smallest absolute Gasteiger partial charge is 0.150 e. The molecule has 106 valence electrons. The molecule has 0 amide bonds. The quantitative estimate of drug-likeness (QED) is 0.718. The number of halogens is 4. The molecule has 0 bridgehead atoms. The van der Waals surface area contributed by atoms with Gasteiger partial charge in [-0.25, -0.2) is 13.2 Å². The van der Waals surface area contributed by atoms with Crippen molar-refractivity contribution in [3.05, 3.63) is 59.4 Å². The molecule has 2 aromatic rings. The van der Waals surface area contributed by atoms with Crippen LogP contribution in [0.2, 0.25) is 0 Å². The van der Waals surface area contributed by atoms with Gasteiger partial charge in [0.05, 0.1) is 5.69 Å². The summed E-state index contributed by atoms with van der Waals surface area (Å²) in [6.07, 6.45) is 0. The maximum Gasteiger partial charge on any atom is 0.150 e. The van der Waals surface area contributed by atoms with Crippen LogP contribution in [0.3, 0.4) is 0 Å². The first kappa shape index (κ1) is 14.7. The van der Waals surface area contributed by atoms with Crippen LogP contribution in [-0.2, 0) is 5.88 Å². The summed E-state index contributed by atoms with van der Waals surface area (Å²) in [6, 6.07) is 8.19. The van der Waals surface area contributed by atoms with E-state index < -0.39 is 17.5 Å². The Kier molecular flexibility index (Phi) is 4.55. The third-order valence-electron chi connectivity index (χ3n) is 2.96. The van der Waals surface area contributed by atoms with Crippen LogP contribution < -0.4 is 4.90 Å². The van der Waals surface area contributed by atoms with Crippen molar-refractivity contribution >= 4 is 23.0 Å². The van der Waals surface area contributed by atoms with E-state index in [0.717, 1.165) is 12.1 Å². The zero-order valence-electron chi connectivity index (χ0n) is 10.8. The average Bonchev–Trinajstić information content (AvgIpc) is 2.43. The molecular weight excluding hydrogens is 287 g/mol. The van der Waals surface area contributed by atoms with E-state index in [1.54, 1.807) is 13.0 Å². The van der Waals surface area contributed by atoms with E-state index in [2.05, 4.69) is 0 Å². The van der Waals surface area contributed by atoms with Gasteiger partial charge in [0.1, 0.15) is 23.1 Å². The van der Waals surface area contributed by atoms with E-state index in [1.807, 2.05) is 0 Å². The van der Waals surface area contributed by atoms with Crippen LogP contribution in [0.15, 0.2) is 36.4 Å². The monoisotopic (exact) mass is 299 g/mol. The summed E-state index contributed by atoms with van der Waals surface area (Å²) >= 11 is 5.57. The number of benzene rings is 2. The van der Waals surface area contributed by atoms with Gasteiger partial charge in [0, 0.05) is 12.4 Å². The van der Waals surface area contributed by atoms with Crippen molar-refractivity contribution in [3.63, 3.8) is 0 Å². The van der Waals surface area contributed by atoms with Crippen molar-refractivity contribution in [2.45, 2.75) is 12.8 Å². The SMILES string of the molecule is CCN(c1ccccc1F)c1c(F)cc(CCl)cc1F. The van der Waals surface area contributed by atoms with Crippen LogP contribution in [0.4, 0.5) is 24.5 Å². The lowest BCUT2D eigenvalue weighted by molar-refractivity contribution is 0.575. The third-order valence-corrected chi connectivity index (χ3v) is 3.27. The lowest BCUT2D eigenvalue weighted by Crippen LogP contribution is -2.20. The van der Waals surface area contributed by atoms with Crippen LogP contribution in [-0.4, -0.2) is 6.54 Å². The fraction of sp³-hybridized carbons (Fsp3) is 0.200. The van der Waals surface area contributed by atoms with Gasteiger partial charge in [-0.05, 0) is 36.8 Å². The summed E-state index contributed by atoms with van der Waals surface area (Å²) in [5.74, 6) is -2.04. The number of hydrogen-bond acceptors (Lipinski definition) is 1. The van der Waals surface area contributed by atoms with E-state index in [0.29, 0.717) is 5.56 Å². The normalized spacial score (nSPS) is 10.7. The van der Waals surface area contributed by atoms with E-state index in [1.165, 1.54) is 23.1 Å². The number of alkyl halides is 1. The van der Waals surface area contributed by atoms with E-state index >= 15 is 0 Å². The second-order valence-corrected chi connectivity index (χ2v) is 4.50. The number of anilines is 2. The summed E-state index contributed by atoms with van der Waals surface area (Å²) in [6.45, 7) is 1.93. The molecule has 0 aliphatic rings. The van der Waals surface area contributed by atoms with Crippen LogP contribution in [0.1, 0.15) is 12.5 Å². The highest BCUT2D eigenvalue weighted by Gasteiger charge is 2.20. The minimum absolute atomic E-state index is 0.0138. The number of rotatable bonds is 4. The van der Waals surface area contributed by atoms with Crippen molar-refractivity contribution < 1.29 is 13.2 Å². The van der Waals surface area contributed by atoms with Gasteiger partial charge < -0.3 is 4.90 Å². The second-order valence-electron chi connectivity index (χ2n) is 4.24. The highest BCUT2D eigenvalue weighted by molar-refractivity contribution is 6.17. The zero-order valence-corrected chi connectivity index (χ0v) is 11.6. The van der Waals surface area contributed by atoms with Crippen LogP contribution in [0.5, 0.6) is 0 Å². The maximum absolute atomic E-state index is 14.1. The summed E-state index contributed by atoms with van der Waals surface area (Å²) in [5, 5.41) is 0. The Morgan fingerprint density at radius 3 is 2.10 bits per heavy atom. The Hall–Kier alpha value is -1.68. The standard InChI is InChI=1S/C15H13ClF3N/c1-2-20(14-6-4-3-5-11(14)17)15-12(18)7-10(9-16)8-13(15)19/h3-8H,2,9H2,1H3. The Bertz CT molecular complexity index is 593. The Labute approximate surface area is 120 Å². The zero-order chi connectivity index (χ0) is 14.7. The van der Waals surface area contributed by atoms with Crippen LogP contribution >= 0.6 is 11.6 Å². The molecule has 0 spiro atoms. The largest absolute Gasteiger partial charge is 0.335 e. The fourth-order valence-electron chi connectivity index (χ4n) is 2.07. The van der Waals surface area contributed by atoms with Crippen molar-refractivity contribution in [1.82, 2.24) is 0 Å². The molecule has 0 atom stereocenters. The maximum atomic E-state index is 14.1. The molecule has 0 saturated carbocycles. The first-order chi connectivity index (χ1) is 9.58. The molecular formula is C15H13ClF3N. The Morgan fingerprint density at radius 2 is 1.60 bits per heavy atom. The Balaban J connectivity index is 2.56. The first-order valence-electron chi connectivity index (χ1n) is 6.14. The topological polar surface area (TPSA) is 3.24 Å². The third kappa shape index (κ3) is 2.75.